The summed E-state index contributed by atoms with van der Waals surface area (Å²) in [5.74, 6) is 0.541. The molecule has 1 amide bonds. The van der Waals surface area contributed by atoms with E-state index >= 15 is 0 Å². The number of hydrogen-bond donors (Lipinski definition) is 0. The monoisotopic (exact) mass is 259 g/mol. The number of nitrogens with zero attached hydrogens (tertiary/aromatic N) is 1. The Labute approximate surface area is 114 Å². The molecule has 1 aromatic rings. The molecule has 0 aliphatic carbocycles. The number of hydrogen-bond acceptors (Lipinski definition) is 2. The lowest BCUT2D eigenvalue weighted by molar-refractivity contribution is -0.137. The first-order valence-corrected chi connectivity index (χ1v) is 7.05. The van der Waals surface area contributed by atoms with Crippen LogP contribution in [0.5, 0.6) is 0 Å². The quantitative estimate of drug-likeness (QED) is 0.833. The molecule has 102 valence electrons. The van der Waals surface area contributed by atoms with Gasteiger partial charge in [0.15, 0.2) is 0 Å². The molecule has 1 saturated heterocycles. The van der Waals surface area contributed by atoms with Gasteiger partial charge in [0, 0.05) is 31.8 Å². The number of Topliss-reactive ketones (excluding diaryl/α,β-unsaturated/α-hetero) is 1. The van der Waals surface area contributed by atoms with Gasteiger partial charge in [-0.2, -0.15) is 0 Å². The zero-order valence-electron chi connectivity index (χ0n) is 11.5. The second kappa shape index (κ2) is 6.50. The molecular weight excluding hydrogens is 238 g/mol. The molecule has 0 spiro atoms. The Hall–Kier alpha value is -1.64. The molecule has 0 aromatic heterocycles. The number of ketones is 1. The number of aryl methyl sites for hydroxylation is 1. The maximum atomic E-state index is 12.2. The fraction of sp³-hybridized carbons (Fsp3) is 0.500. The van der Waals surface area contributed by atoms with Crippen molar-refractivity contribution in [3.05, 3.63) is 35.9 Å². The van der Waals surface area contributed by atoms with E-state index in [1.807, 2.05) is 42.2 Å². The minimum absolute atomic E-state index is 0.0504. The molecule has 3 heteroatoms. The van der Waals surface area contributed by atoms with Gasteiger partial charge in [-0.1, -0.05) is 37.3 Å². The smallest absolute Gasteiger partial charge is 0.222 e. The van der Waals surface area contributed by atoms with E-state index in [-0.39, 0.29) is 11.8 Å². The van der Waals surface area contributed by atoms with Crippen molar-refractivity contribution in [3.63, 3.8) is 0 Å². The van der Waals surface area contributed by atoms with Crippen molar-refractivity contribution in [2.75, 3.05) is 13.1 Å². The first-order valence-electron chi connectivity index (χ1n) is 7.05. The maximum absolute atomic E-state index is 12.2. The van der Waals surface area contributed by atoms with Crippen LogP contribution in [0.3, 0.4) is 0 Å². The lowest BCUT2D eigenvalue weighted by Crippen LogP contribution is -2.44. The predicted octanol–water partition coefficient (Wildman–Crippen LogP) is 2.45. The summed E-state index contributed by atoms with van der Waals surface area (Å²) in [6, 6.07) is 10.1. The van der Waals surface area contributed by atoms with Crippen LogP contribution in [0.25, 0.3) is 0 Å². The summed E-state index contributed by atoms with van der Waals surface area (Å²) in [6.07, 6.45) is 2.67. The third kappa shape index (κ3) is 3.66. The minimum atomic E-state index is 0.0504. The van der Waals surface area contributed by atoms with Crippen molar-refractivity contribution >= 4 is 11.7 Å². The van der Waals surface area contributed by atoms with Gasteiger partial charge in [-0.25, -0.2) is 0 Å². The number of piperidine rings is 1. The number of carbonyl (C=O) groups excluding carboxylic acids is 2. The summed E-state index contributed by atoms with van der Waals surface area (Å²) in [5, 5.41) is 0. The number of carbonyl (C=O) groups is 2. The third-order valence-electron chi connectivity index (χ3n) is 3.84. The van der Waals surface area contributed by atoms with Gasteiger partial charge in [-0.05, 0) is 18.4 Å². The van der Waals surface area contributed by atoms with E-state index in [2.05, 4.69) is 0 Å². The van der Waals surface area contributed by atoms with Crippen LogP contribution in [0.1, 0.15) is 31.7 Å². The van der Waals surface area contributed by atoms with E-state index in [9.17, 15) is 9.59 Å². The fourth-order valence-corrected chi connectivity index (χ4v) is 2.55. The summed E-state index contributed by atoms with van der Waals surface area (Å²) in [6.45, 7) is 3.23. The van der Waals surface area contributed by atoms with E-state index in [0.717, 1.165) is 12.8 Å². The molecule has 1 fully saturated rings. The molecule has 1 heterocycles. The van der Waals surface area contributed by atoms with Crippen molar-refractivity contribution in [1.82, 2.24) is 4.90 Å². The van der Waals surface area contributed by atoms with Crippen LogP contribution in [-0.4, -0.2) is 29.7 Å². The molecule has 1 aliphatic heterocycles. The molecule has 3 nitrogen and oxygen atoms in total. The zero-order chi connectivity index (χ0) is 13.7. The Morgan fingerprint density at radius 3 is 2.74 bits per heavy atom. The normalized spacial score (nSPS) is 19.5. The number of benzene rings is 1. The Morgan fingerprint density at radius 2 is 2.05 bits per heavy atom. The second-order valence-electron chi connectivity index (χ2n) is 5.15. The molecule has 1 aliphatic rings. The molecule has 1 unspecified atom stereocenters. The highest BCUT2D eigenvalue weighted by Gasteiger charge is 2.27. The maximum Gasteiger partial charge on any atom is 0.222 e. The lowest BCUT2D eigenvalue weighted by atomic mass is 9.94. The third-order valence-corrected chi connectivity index (χ3v) is 3.84. The summed E-state index contributed by atoms with van der Waals surface area (Å²) < 4.78 is 0. The Bertz CT molecular complexity index is 441. The molecule has 0 saturated carbocycles. The Balaban J connectivity index is 1.85. The van der Waals surface area contributed by atoms with Gasteiger partial charge in [0.2, 0.25) is 5.91 Å². The van der Waals surface area contributed by atoms with Gasteiger partial charge >= 0.3 is 0 Å². The highest BCUT2D eigenvalue weighted by atomic mass is 16.2. The van der Waals surface area contributed by atoms with Crippen LogP contribution in [0.4, 0.5) is 0 Å². The Morgan fingerprint density at radius 1 is 1.32 bits per heavy atom. The molecule has 19 heavy (non-hydrogen) atoms. The highest BCUT2D eigenvalue weighted by molar-refractivity contribution is 5.85. The van der Waals surface area contributed by atoms with Gasteiger partial charge in [0.25, 0.3) is 0 Å². The minimum Gasteiger partial charge on any atom is -0.342 e. The van der Waals surface area contributed by atoms with Crippen LogP contribution in [-0.2, 0) is 16.0 Å². The summed E-state index contributed by atoms with van der Waals surface area (Å²) >= 11 is 0. The molecule has 2 rings (SSSR count). The van der Waals surface area contributed by atoms with Crippen molar-refractivity contribution in [2.45, 2.75) is 32.6 Å². The predicted molar refractivity (Wildman–Crippen MR) is 74.7 cm³/mol. The molecular formula is C16H21NO2. The molecule has 0 bridgehead atoms. The van der Waals surface area contributed by atoms with E-state index in [4.69, 9.17) is 0 Å². The van der Waals surface area contributed by atoms with Crippen molar-refractivity contribution in [1.29, 1.82) is 0 Å². The van der Waals surface area contributed by atoms with Crippen LogP contribution in [0, 0.1) is 5.92 Å². The highest BCUT2D eigenvalue weighted by Crippen LogP contribution is 2.17. The van der Waals surface area contributed by atoms with E-state index in [1.54, 1.807) is 0 Å². The van der Waals surface area contributed by atoms with Gasteiger partial charge in [-0.15, -0.1) is 0 Å². The first kappa shape index (κ1) is 13.8. The van der Waals surface area contributed by atoms with E-state index in [1.165, 1.54) is 5.56 Å². The van der Waals surface area contributed by atoms with Crippen LogP contribution < -0.4 is 0 Å². The largest absolute Gasteiger partial charge is 0.342 e. The number of amides is 1. The average molecular weight is 259 g/mol. The van der Waals surface area contributed by atoms with E-state index in [0.29, 0.717) is 31.7 Å². The van der Waals surface area contributed by atoms with Crippen LogP contribution in [0.2, 0.25) is 0 Å². The number of likely N-dealkylation sites (tertiary alicyclic amines) is 1. The standard InChI is InChI=1S/C16H21NO2/c1-2-14-12-17(11-10-15(14)18)16(19)9-8-13-6-4-3-5-7-13/h3-7,14H,2,8-12H2,1H3. The SMILES string of the molecule is CCC1CN(C(=O)CCc2ccccc2)CCC1=O. The van der Waals surface area contributed by atoms with Crippen LogP contribution in [0.15, 0.2) is 30.3 Å². The number of rotatable bonds is 4. The van der Waals surface area contributed by atoms with Crippen molar-refractivity contribution < 1.29 is 9.59 Å². The molecule has 0 radical (unpaired) electrons. The fourth-order valence-electron chi connectivity index (χ4n) is 2.55. The Kier molecular flexibility index (Phi) is 4.72. The summed E-state index contributed by atoms with van der Waals surface area (Å²) in [4.78, 5) is 25.6. The molecule has 1 atom stereocenters. The topological polar surface area (TPSA) is 37.4 Å². The molecule has 0 N–H and O–H groups in total. The van der Waals surface area contributed by atoms with Gasteiger partial charge in [0.05, 0.1) is 0 Å². The zero-order valence-corrected chi connectivity index (χ0v) is 11.5. The van der Waals surface area contributed by atoms with Crippen molar-refractivity contribution in [3.8, 4) is 0 Å². The first-order chi connectivity index (χ1) is 9.20. The van der Waals surface area contributed by atoms with Gasteiger partial charge in [-0.3, -0.25) is 9.59 Å². The van der Waals surface area contributed by atoms with Crippen molar-refractivity contribution in [2.24, 2.45) is 5.92 Å². The molecule has 1 aromatic carbocycles. The van der Waals surface area contributed by atoms with E-state index < -0.39 is 0 Å². The van der Waals surface area contributed by atoms with Gasteiger partial charge in [0.1, 0.15) is 5.78 Å². The van der Waals surface area contributed by atoms with Gasteiger partial charge < -0.3 is 4.90 Å². The second-order valence-corrected chi connectivity index (χ2v) is 5.15. The summed E-state index contributed by atoms with van der Waals surface area (Å²) in [5.41, 5.74) is 1.19. The van der Waals surface area contributed by atoms with Crippen LogP contribution >= 0.6 is 0 Å². The average Bonchev–Trinajstić information content (AvgIpc) is 2.46. The summed E-state index contributed by atoms with van der Waals surface area (Å²) in [7, 11) is 0. The lowest BCUT2D eigenvalue weighted by Gasteiger charge is -2.31.